The zero-order chi connectivity index (χ0) is 21.8. The summed E-state index contributed by atoms with van der Waals surface area (Å²) in [5.74, 6) is 0. The van der Waals surface area contributed by atoms with Crippen LogP contribution in [0.4, 0.5) is 0 Å². The molecule has 0 atom stereocenters. The predicted octanol–water partition coefficient (Wildman–Crippen LogP) is 6.97. The molecule has 0 saturated carbocycles. The fourth-order valence-corrected chi connectivity index (χ4v) is 10.5. The van der Waals surface area contributed by atoms with Crippen molar-refractivity contribution in [1.29, 1.82) is 0 Å². The summed E-state index contributed by atoms with van der Waals surface area (Å²) >= 11 is 0. The summed E-state index contributed by atoms with van der Waals surface area (Å²) in [5, 5.41) is 0. The van der Waals surface area contributed by atoms with Crippen molar-refractivity contribution in [2.45, 2.75) is 116 Å². The average molecular weight is 451 g/mol. The highest BCUT2D eigenvalue weighted by Gasteiger charge is 2.52. The van der Waals surface area contributed by atoms with E-state index < -0.39 is 17.6 Å². The largest absolute Gasteiger partial charge is 0.669 e. The second kappa shape index (κ2) is 19.0. The third kappa shape index (κ3) is 13.3. The van der Waals surface area contributed by atoms with Crippen molar-refractivity contribution in [3.63, 3.8) is 0 Å². The molecule has 7 heteroatoms. The molecule has 0 amide bonds. The Morgan fingerprint density at radius 1 is 0.448 bits per heavy atom. The quantitative estimate of drug-likeness (QED) is 0.132. The molecule has 0 aliphatic heterocycles. The summed E-state index contributed by atoms with van der Waals surface area (Å²) in [6.07, 6.45) is 18.0. The van der Waals surface area contributed by atoms with E-state index in [9.17, 15) is 0 Å². The average Bonchev–Trinajstić information content (AvgIpc) is 2.76. The molecule has 0 spiro atoms. The van der Waals surface area contributed by atoms with E-state index in [-0.39, 0.29) is 0 Å². The maximum Gasteiger partial charge on any atom is 0.669 e. The van der Waals surface area contributed by atoms with Crippen LogP contribution in [0.25, 0.3) is 0 Å². The Morgan fingerprint density at radius 2 is 0.793 bits per heavy atom. The molecule has 0 aliphatic rings. The van der Waals surface area contributed by atoms with Crippen molar-refractivity contribution in [3.05, 3.63) is 0 Å². The van der Waals surface area contributed by atoms with Gasteiger partial charge < -0.3 is 21.8 Å². The zero-order valence-corrected chi connectivity index (χ0v) is 22.4. The van der Waals surface area contributed by atoms with Gasteiger partial charge in [-0.1, -0.05) is 104 Å². The minimum absolute atomic E-state index is 0.984. The van der Waals surface area contributed by atoms with E-state index in [1.807, 2.05) is 0 Å². The molecule has 0 unspecified atom stereocenters. The molecular formula is C22H50O5Si2. The van der Waals surface area contributed by atoms with Crippen LogP contribution in [0.3, 0.4) is 0 Å². The van der Waals surface area contributed by atoms with Gasteiger partial charge in [-0.3, -0.25) is 0 Å². The molecule has 0 aromatic carbocycles. The molecule has 29 heavy (non-hydrogen) atoms. The predicted molar refractivity (Wildman–Crippen MR) is 126 cm³/mol. The highest BCUT2D eigenvalue weighted by atomic mass is 28.5. The highest BCUT2D eigenvalue weighted by molar-refractivity contribution is 6.76. The zero-order valence-electron chi connectivity index (χ0n) is 20.4. The SMILES string of the molecule is CCCCCCCCC[Si](CCCCCCCCC)(OC)O[Si](OC)(OC)OC. The normalized spacial score (nSPS) is 12.6. The lowest BCUT2D eigenvalue weighted by atomic mass is 10.1. The minimum Gasteiger partial charge on any atom is -0.398 e. The van der Waals surface area contributed by atoms with E-state index in [4.69, 9.17) is 21.8 Å². The van der Waals surface area contributed by atoms with Gasteiger partial charge in [0.25, 0.3) is 0 Å². The third-order valence-electron chi connectivity index (χ3n) is 5.76. The van der Waals surface area contributed by atoms with Gasteiger partial charge in [0.1, 0.15) is 0 Å². The van der Waals surface area contributed by atoms with Crippen LogP contribution in [0.5, 0.6) is 0 Å². The van der Waals surface area contributed by atoms with Gasteiger partial charge in [-0.05, 0) is 12.1 Å². The molecule has 0 heterocycles. The monoisotopic (exact) mass is 450 g/mol. The molecule has 0 N–H and O–H groups in total. The van der Waals surface area contributed by atoms with Gasteiger partial charge in [-0.25, -0.2) is 0 Å². The van der Waals surface area contributed by atoms with Gasteiger partial charge >= 0.3 is 17.6 Å². The fraction of sp³-hybridized carbons (Fsp3) is 1.00. The van der Waals surface area contributed by atoms with Crippen molar-refractivity contribution < 1.29 is 21.8 Å². The molecule has 0 aromatic heterocycles. The lowest BCUT2D eigenvalue weighted by Gasteiger charge is -2.36. The van der Waals surface area contributed by atoms with Crippen molar-refractivity contribution in [2.24, 2.45) is 0 Å². The minimum atomic E-state index is -3.11. The Labute approximate surface area is 183 Å². The number of unbranched alkanes of at least 4 members (excludes halogenated alkanes) is 12. The molecular weight excluding hydrogens is 400 g/mol. The molecule has 0 radical (unpaired) electrons. The summed E-state index contributed by atoms with van der Waals surface area (Å²) in [4.78, 5) is 0. The molecule has 0 saturated heterocycles. The molecule has 0 aliphatic carbocycles. The number of hydrogen-bond acceptors (Lipinski definition) is 5. The Balaban J connectivity index is 4.68. The van der Waals surface area contributed by atoms with Crippen LogP contribution in [-0.2, 0) is 21.8 Å². The lowest BCUT2D eigenvalue weighted by Crippen LogP contribution is -2.57. The van der Waals surface area contributed by atoms with Crippen LogP contribution in [0.2, 0.25) is 12.1 Å². The van der Waals surface area contributed by atoms with Crippen molar-refractivity contribution in [3.8, 4) is 0 Å². The van der Waals surface area contributed by atoms with Crippen LogP contribution in [0, 0.1) is 0 Å². The Morgan fingerprint density at radius 3 is 1.10 bits per heavy atom. The van der Waals surface area contributed by atoms with Gasteiger partial charge in [0.15, 0.2) is 0 Å². The van der Waals surface area contributed by atoms with Gasteiger partial charge in [0.2, 0.25) is 0 Å². The van der Waals surface area contributed by atoms with E-state index in [0.717, 1.165) is 24.9 Å². The van der Waals surface area contributed by atoms with Gasteiger partial charge in [-0.2, -0.15) is 0 Å². The Bertz CT molecular complexity index is 328. The maximum absolute atomic E-state index is 6.50. The summed E-state index contributed by atoms with van der Waals surface area (Å²) in [7, 11) is 1.08. The van der Waals surface area contributed by atoms with Crippen LogP contribution in [0.15, 0.2) is 0 Å². The van der Waals surface area contributed by atoms with Crippen molar-refractivity contribution >= 4 is 17.6 Å². The smallest absolute Gasteiger partial charge is 0.398 e. The summed E-state index contributed by atoms with van der Waals surface area (Å²) in [6.45, 7) is 4.52. The first-order valence-corrected chi connectivity index (χ1v) is 15.8. The van der Waals surface area contributed by atoms with Crippen LogP contribution >= 0.6 is 0 Å². The molecule has 176 valence electrons. The molecule has 0 rings (SSSR count). The van der Waals surface area contributed by atoms with E-state index in [2.05, 4.69) is 13.8 Å². The first kappa shape index (κ1) is 29.2. The summed E-state index contributed by atoms with van der Waals surface area (Å²) in [5.41, 5.74) is 0. The van der Waals surface area contributed by atoms with E-state index in [1.165, 1.54) is 77.0 Å². The Hall–Kier alpha value is 0.234. The molecule has 0 fully saturated rings. The first-order chi connectivity index (χ1) is 14.1. The number of hydrogen-bond donors (Lipinski definition) is 0. The van der Waals surface area contributed by atoms with E-state index >= 15 is 0 Å². The van der Waals surface area contributed by atoms with E-state index in [1.54, 1.807) is 28.4 Å². The van der Waals surface area contributed by atoms with Crippen LogP contribution in [-0.4, -0.2) is 46.0 Å². The molecule has 5 nitrogen and oxygen atoms in total. The fourth-order valence-electron chi connectivity index (χ4n) is 3.78. The highest BCUT2D eigenvalue weighted by Crippen LogP contribution is 2.29. The summed E-state index contributed by atoms with van der Waals surface area (Å²) in [6, 6.07) is 1.97. The van der Waals surface area contributed by atoms with Crippen molar-refractivity contribution in [2.75, 3.05) is 28.4 Å². The van der Waals surface area contributed by atoms with Crippen molar-refractivity contribution in [1.82, 2.24) is 0 Å². The third-order valence-corrected chi connectivity index (χ3v) is 12.7. The number of rotatable bonds is 22. The topological polar surface area (TPSA) is 46.2 Å². The summed E-state index contributed by atoms with van der Waals surface area (Å²) < 4.78 is 29.3. The van der Waals surface area contributed by atoms with Crippen LogP contribution < -0.4 is 0 Å². The second-order valence-corrected chi connectivity index (χ2v) is 14.3. The molecule has 0 aromatic rings. The first-order valence-electron chi connectivity index (χ1n) is 12.0. The van der Waals surface area contributed by atoms with Crippen LogP contribution in [0.1, 0.15) is 104 Å². The Kier molecular flexibility index (Phi) is 19.1. The van der Waals surface area contributed by atoms with E-state index in [0.29, 0.717) is 0 Å². The molecule has 0 bridgehead atoms. The lowest BCUT2D eigenvalue weighted by molar-refractivity contribution is 0.0354. The van der Waals surface area contributed by atoms with Gasteiger partial charge in [0, 0.05) is 28.4 Å². The standard InChI is InChI=1S/C22H50O5Si2/c1-7-9-11-13-15-17-19-21-28(23-3,27-29(24-4,25-5)26-6)22-20-18-16-14-12-10-8-2/h7-22H2,1-6H3. The maximum atomic E-state index is 6.50. The van der Waals surface area contributed by atoms with Gasteiger partial charge in [-0.15, -0.1) is 0 Å². The van der Waals surface area contributed by atoms with Gasteiger partial charge in [0.05, 0.1) is 0 Å². The second-order valence-electron chi connectivity index (χ2n) is 8.07.